The van der Waals surface area contributed by atoms with Gasteiger partial charge in [-0.25, -0.2) is 0 Å². The maximum atomic E-state index is 3.58. The summed E-state index contributed by atoms with van der Waals surface area (Å²) in [5.74, 6) is 0. The lowest BCUT2D eigenvalue weighted by atomic mass is 9.87. The molecule has 0 bridgehead atoms. The summed E-state index contributed by atoms with van der Waals surface area (Å²) in [5, 5.41) is 3.58. The third-order valence-corrected chi connectivity index (χ3v) is 5.51. The Labute approximate surface area is 112 Å². The summed E-state index contributed by atoms with van der Waals surface area (Å²) in [6, 6.07) is 3.13. The number of hydrogen-bond acceptors (Lipinski definition) is 3. The number of likely N-dealkylation sites (N-methyl/N-ethyl adjacent to an activating group) is 1. The highest BCUT2D eigenvalue weighted by molar-refractivity contribution is 4.97. The third-order valence-electron chi connectivity index (χ3n) is 5.51. The minimum atomic E-state index is 0.731. The highest BCUT2D eigenvalue weighted by Gasteiger charge is 2.39. The maximum absolute atomic E-state index is 3.58. The molecule has 0 spiro atoms. The van der Waals surface area contributed by atoms with Crippen molar-refractivity contribution in [2.45, 2.75) is 69.6 Å². The normalized spacial score (nSPS) is 43.0. The Balaban J connectivity index is 1.69. The molecule has 104 valence electrons. The van der Waals surface area contributed by atoms with Gasteiger partial charge >= 0.3 is 0 Å². The first-order valence-electron chi connectivity index (χ1n) is 7.96. The SMILES string of the molecule is CNC1CCCCC1N1CC2CCCN2CC1C. The molecule has 3 aliphatic rings. The van der Waals surface area contributed by atoms with Crippen LogP contribution >= 0.6 is 0 Å². The second-order valence-electron chi connectivity index (χ2n) is 6.58. The smallest absolute Gasteiger partial charge is 0.0253 e. The number of nitrogens with zero attached hydrogens (tertiary/aromatic N) is 2. The van der Waals surface area contributed by atoms with Gasteiger partial charge in [0.05, 0.1) is 0 Å². The van der Waals surface area contributed by atoms with Gasteiger partial charge in [-0.3, -0.25) is 9.80 Å². The largest absolute Gasteiger partial charge is 0.315 e. The summed E-state index contributed by atoms with van der Waals surface area (Å²) in [5.41, 5.74) is 0. The number of fused-ring (bicyclic) bond motifs is 1. The van der Waals surface area contributed by atoms with Gasteiger partial charge in [-0.15, -0.1) is 0 Å². The van der Waals surface area contributed by atoms with Gasteiger partial charge in [0, 0.05) is 37.3 Å². The summed E-state index contributed by atoms with van der Waals surface area (Å²) in [6.45, 7) is 6.42. The molecule has 0 amide bonds. The maximum Gasteiger partial charge on any atom is 0.0253 e. The first-order chi connectivity index (χ1) is 8.79. The monoisotopic (exact) mass is 251 g/mol. The van der Waals surface area contributed by atoms with E-state index >= 15 is 0 Å². The van der Waals surface area contributed by atoms with E-state index in [0.717, 1.165) is 24.2 Å². The van der Waals surface area contributed by atoms with Crippen molar-refractivity contribution in [1.29, 1.82) is 0 Å². The average molecular weight is 251 g/mol. The van der Waals surface area contributed by atoms with Crippen LogP contribution in [0.15, 0.2) is 0 Å². The van der Waals surface area contributed by atoms with Crippen LogP contribution in [0.5, 0.6) is 0 Å². The van der Waals surface area contributed by atoms with Gasteiger partial charge in [-0.1, -0.05) is 12.8 Å². The van der Waals surface area contributed by atoms with E-state index < -0.39 is 0 Å². The molecule has 4 atom stereocenters. The Morgan fingerprint density at radius 3 is 2.67 bits per heavy atom. The van der Waals surface area contributed by atoms with E-state index in [0.29, 0.717) is 0 Å². The van der Waals surface area contributed by atoms with Crippen molar-refractivity contribution < 1.29 is 0 Å². The summed E-state index contributed by atoms with van der Waals surface area (Å²) in [4.78, 5) is 5.57. The Bertz CT molecular complexity index is 281. The predicted molar refractivity (Wildman–Crippen MR) is 75.9 cm³/mol. The summed E-state index contributed by atoms with van der Waals surface area (Å²) in [7, 11) is 2.15. The van der Waals surface area contributed by atoms with Crippen molar-refractivity contribution in [1.82, 2.24) is 15.1 Å². The summed E-state index contributed by atoms with van der Waals surface area (Å²) in [6.07, 6.45) is 8.48. The molecule has 3 nitrogen and oxygen atoms in total. The van der Waals surface area contributed by atoms with Crippen molar-refractivity contribution in [3.63, 3.8) is 0 Å². The summed E-state index contributed by atoms with van der Waals surface area (Å²) < 4.78 is 0. The number of piperazine rings is 1. The van der Waals surface area contributed by atoms with Crippen LogP contribution in [0, 0.1) is 0 Å². The van der Waals surface area contributed by atoms with E-state index in [4.69, 9.17) is 0 Å². The molecular formula is C15H29N3. The highest BCUT2D eigenvalue weighted by atomic mass is 15.3. The van der Waals surface area contributed by atoms with Crippen molar-refractivity contribution in [2.75, 3.05) is 26.7 Å². The molecule has 0 radical (unpaired) electrons. The molecule has 3 rings (SSSR count). The molecule has 1 saturated carbocycles. The lowest BCUT2D eigenvalue weighted by Gasteiger charge is -2.49. The second kappa shape index (κ2) is 5.48. The van der Waals surface area contributed by atoms with Crippen molar-refractivity contribution in [3.05, 3.63) is 0 Å². The van der Waals surface area contributed by atoms with Crippen LogP contribution in [0.3, 0.4) is 0 Å². The van der Waals surface area contributed by atoms with Crippen molar-refractivity contribution in [2.24, 2.45) is 0 Å². The lowest BCUT2D eigenvalue weighted by molar-refractivity contribution is 0.00512. The fraction of sp³-hybridized carbons (Fsp3) is 1.00. The molecule has 1 N–H and O–H groups in total. The second-order valence-corrected chi connectivity index (χ2v) is 6.58. The highest BCUT2D eigenvalue weighted by Crippen LogP contribution is 2.30. The molecule has 18 heavy (non-hydrogen) atoms. The van der Waals surface area contributed by atoms with Gasteiger partial charge in [-0.05, 0) is 46.2 Å². The first kappa shape index (κ1) is 12.9. The minimum Gasteiger partial charge on any atom is -0.315 e. The Hall–Kier alpha value is -0.120. The number of rotatable bonds is 2. The Morgan fingerprint density at radius 2 is 1.83 bits per heavy atom. The molecule has 2 aliphatic heterocycles. The van der Waals surface area contributed by atoms with Crippen LogP contribution in [0.25, 0.3) is 0 Å². The Kier molecular flexibility index (Phi) is 3.92. The van der Waals surface area contributed by atoms with Crippen LogP contribution in [-0.4, -0.2) is 60.6 Å². The van der Waals surface area contributed by atoms with Crippen molar-refractivity contribution in [3.8, 4) is 0 Å². The zero-order valence-electron chi connectivity index (χ0n) is 12.1. The van der Waals surface area contributed by atoms with Gasteiger partial charge < -0.3 is 5.32 Å². The van der Waals surface area contributed by atoms with Gasteiger partial charge in [0.1, 0.15) is 0 Å². The van der Waals surface area contributed by atoms with E-state index in [2.05, 4.69) is 29.1 Å². The van der Waals surface area contributed by atoms with Gasteiger partial charge in [-0.2, -0.15) is 0 Å². The molecule has 0 aromatic rings. The van der Waals surface area contributed by atoms with E-state index in [1.54, 1.807) is 0 Å². The first-order valence-corrected chi connectivity index (χ1v) is 7.96. The Morgan fingerprint density at radius 1 is 1.00 bits per heavy atom. The standard InChI is InChI=1S/C15H29N3/c1-12-10-17-9-5-6-13(17)11-18(12)15-8-4-3-7-14(15)16-2/h12-16H,3-11H2,1-2H3. The average Bonchev–Trinajstić information content (AvgIpc) is 2.84. The lowest BCUT2D eigenvalue weighted by Crippen LogP contribution is -2.62. The van der Waals surface area contributed by atoms with E-state index in [1.807, 2.05) is 0 Å². The summed E-state index contributed by atoms with van der Waals surface area (Å²) >= 11 is 0. The van der Waals surface area contributed by atoms with Gasteiger partial charge in [0.2, 0.25) is 0 Å². The molecule has 4 unspecified atom stereocenters. The topological polar surface area (TPSA) is 18.5 Å². The van der Waals surface area contributed by atoms with E-state index in [9.17, 15) is 0 Å². The quantitative estimate of drug-likeness (QED) is 0.806. The van der Waals surface area contributed by atoms with Crippen molar-refractivity contribution >= 4 is 0 Å². The molecule has 1 aliphatic carbocycles. The van der Waals surface area contributed by atoms with Gasteiger partial charge in [0.25, 0.3) is 0 Å². The minimum absolute atomic E-state index is 0.731. The van der Waals surface area contributed by atoms with Crippen LogP contribution in [0.1, 0.15) is 45.4 Å². The molecule has 0 aromatic carbocycles. The molecule has 3 fully saturated rings. The van der Waals surface area contributed by atoms with E-state index in [-0.39, 0.29) is 0 Å². The van der Waals surface area contributed by atoms with Crippen LogP contribution in [-0.2, 0) is 0 Å². The molecule has 2 saturated heterocycles. The van der Waals surface area contributed by atoms with E-state index in [1.165, 1.54) is 58.2 Å². The van der Waals surface area contributed by atoms with Crippen LogP contribution in [0.4, 0.5) is 0 Å². The van der Waals surface area contributed by atoms with Crippen LogP contribution in [0.2, 0.25) is 0 Å². The third kappa shape index (κ3) is 2.33. The van der Waals surface area contributed by atoms with Gasteiger partial charge in [0.15, 0.2) is 0 Å². The molecular weight excluding hydrogens is 222 g/mol. The zero-order chi connectivity index (χ0) is 12.5. The molecule has 3 heteroatoms. The fourth-order valence-electron chi connectivity index (χ4n) is 4.52. The zero-order valence-corrected chi connectivity index (χ0v) is 12.1. The fourth-order valence-corrected chi connectivity index (χ4v) is 4.52. The number of hydrogen-bond donors (Lipinski definition) is 1. The molecule has 0 aromatic heterocycles. The molecule has 2 heterocycles. The predicted octanol–water partition coefficient (Wildman–Crippen LogP) is 1.69. The number of nitrogens with one attached hydrogen (secondary N) is 1. The van der Waals surface area contributed by atoms with Crippen LogP contribution < -0.4 is 5.32 Å².